The van der Waals surface area contributed by atoms with Crippen molar-refractivity contribution < 1.29 is 14.3 Å². The van der Waals surface area contributed by atoms with Crippen LogP contribution < -0.4 is 14.8 Å². The van der Waals surface area contributed by atoms with E-state index in [0.29, 0.717) is 24.5 Å². The van der Waals surface area contributed by atoms with E-state index in [4.69, 9.17) is 9.47 Å². The lowest BCUT2D eigenvalue weighted by Crippen LogP contribution is -2.00. The standard InChI is InChI=1S/C19H20BrNO3/c1-3-23-16-9-10-19(24-4-2)17(13-16)21-12-11-18(22)14-5-7-15(20)8-6-14/h5-13,21H,3-4H2,1-2H3/b12-11+. The molecule has 0 aliphatic carbocycles. The molecule has 0 bridgehead atoms. The van der Waals surface area contributed by atoms with Crippen LogP contribution in [-0.2, 0) is 0 Å². The highest BCUT2D eigenvalue weighted by atomic mass is 79.9. The molecule has 1 N–H and O–H groups in total. The van der Waals surface area contributed by atoms with Crippen LogP contribution in [0.3, 0.4) is 0 Å². The Morgan fingerprint density at radius 1 is 1.08 bits per heavy atom. The van der Waals surface area contributed by atoms with E-state index in [2.05, 4.69) is 21.2 Å². The number of halogens is 1. The average Bonchev–Trinajstić information content (AvgIpc) is 2.58. The van der Waals surface area contributed by atoms with Gasteiger partial charge in [0.1, 0.15) is 11.5 Å². The molecular formula is C19H20BrNO3. The summed E-state index contributed by atoms with van der Waals surface area (Å²) in [6.07, 6.45) is 3.10. The molecule has 0 aromatic heterocycles. The second kappa shape index (κ2) is 9.13. The number of ether oxygens (including phenoxy) is 2. The molecule has 4 nitrogen and oxygen atoms in total. The number of hydrogen-bond donors (Lipinski definition) is 1. The zero-order valence-electron chi connectivity index (χ0n) is 13.7. The fourth-order valence-electron chi connectivity index (χ4n) is 2.08. The molecule has 0 saturated carbocycles. The van der Waals surface area contributed by atoms with E-state index in [9.17, 15) is 4.79 Å². The van der Waals surface area contributed by atoms with Gasteiger partial charge in [0.15, 0.2) is 5.78 Å². The van der Waals surface area contributed by atoms with Crippen molar-refractivity contribution in [1.29, 1.82) is 0 Å². The molecule has 2 rings (SSSR count). The van der Waals surface area contributed by atoms with E-state index >= 15 is 0 Å². The van der Waals surface area contributed by atoms with E-state index in [1.54, 1.807) is 18.3 Å². The Balaban J connectivity index is 2.09. The van der Waals surface area contributed by atoms with Crippen LogP contribution in [0.4, 0.5) is 5.69 Å². The Labute approximate surface area is 150 Å². The Kier molecular flexibility index (Phi) is 6.88. The molecule has 0 aliphatic rings. The molecule has 2 aromatic carbocycles. The van der Waals surface area contributed by atoms with Crippen LogP contribution in [0, 0.1) is 0 Å². The summed E-state index contributed by atoms with van der Waals surface area (Å²) in [4.78, 5) is 12.1. The highest BCUT2D eigenvalue weighted by Crippen LogP contribution is 2.29. The third-order valence-corrected chi connectivity index (χ3v) is 3.69. The van der Waals surface area contributed by atoms with E-state index in [-0.39, 0.29) is 5.78 Å². The Bertz CT molecular complexity index is 711. The lowest BCUT2D eigenvalue weighted by atomic mass is 10.1. The monoisotopic (exact) mass is 389 g/mol. The predicted molar refractivity (Wildman–Crippen MR) is 100 cm³/mol. The molecular weight excluding hydrogens is 370 g/mol. The first-order valence-electron chi connectivity index (χ1n) is 7.76. The van der Waals surface area contributed by atoms with Crippen LogP contribution in [-0.4, -0.2) is 19.0 Å². The maximum absolute atomic E-state index is 12.1. The number of allylic oxidation sites excluding steroid dienone is 1. The number of rotatable bonds is 8. The van der Waals surface area contributed by atoms with Gasteiger partial charge in [-0.1, -0.05) is 15.9 Å². The van der Waals surface area contributed by atoms with Crippen LogP contribution in [0.1, 0.15) is 24.2 Å². The quantitative estimate of drug-likeness (QED) is 0.506. The normalized spacial score (nSPS) is 10.6. The topological polar surface area (TPSA) is 47.6 Å². The minimum Gasteiger partial charge on any atom is -0.494 e. The van der Waals surface area contributed by atoms with Gasteiger partial charge in [-0.25, -0.2) is 0 Å². The number of anilines is 1. The first kappa shape index (κ1) is 18.1. The SMILES string of the molecule is CCOc1ccc(OCC)c(N/C=C/C(=O)c2ccc(Br)cc2)c1. The Morgan fingerprint density at radius 3 is 2.46 bits per heavy atom. The number of carbonyl (C=O) groups excluding carboxylic acids is 1. The molecule has 126 valence electrons. The fraction of sp³-hybridized carbons (Fsp3) is 0.211. The van der Waals surface area contributed by atoms with Crippen molar-refractivity contribution in [3.05, 3.63) is 64.8 Å². The summed E-state index contributed by atoms with van der Waals surface area (Å²) >= 11 is 3.35. The summed E-state index contributed by atoms with van der Waals surface area (Å²) in [5.74, 6) is 1.38. The highest BCUT2D eigenvalue weighted by Gasteiger charge is 2.05. The van der Waals surface area contributed by atoms with Crippen molar-refractivity contribution in [3.63, 3.8) is 0 Å². The highest BCUT2D eigenvalue weighted by molar-refractivity contribution is 9.10. The maximum Gasteiger partial charge on any atom is 0.187 e. The molecule has 0 aliphatic heterocycles. The van der Waals surface area contributed by atoms with Crippen LogP contribution >= 0.6 is 15.9 Å². The van der Waals surface area contributed by atoms with E-state index in [0.717, 1.165) is 15.9 Å². The number of benzene rings is 2. The predicted octanol–water partition coefficient (Wildman–Crippen LogP) is 5.06. The van der Waals surface area contributed by atoms with Gasteiger partial charge in [-0.05, 0) is 50.2 Å². The van der Waals surface area contributed by atoms with Crippen molar-refractivity contribution in [2.45, 2.75) is 13.8 Å². The third kappa shape index (κ3) is 5.13. The van der Waals surface area contributed by atoms with Crippen molar-refractivity contribution in [3.8, 4) is 11.5 Å². The van der Waals surface area contributed by atoms with Crippen molar-refractivity contribution in [1.82, 2.24) is 0 Å². The van der Waals surface area contributed by atoms with Crippen LogP contribution in [0.5, 0.6) is 11.5 Å². The van der Waals surface area contributed by atoms with Crippen molar-refractivity contribution in [2.75, 3.05) is 18.5 Å². The number of hydrogen-bond acceptors (Lipinski definition) is 4. The lowest BCUT2D eigenvalue weighted by Gasteiger charge is -2.12. The molecule has 0 unspecified atom stereocenters. The van der Waals surface area contributed by atoms with Gasteiger partial charge in [0.05, 0.1) is 18.9 Å². The number of nitrogens with one attached hydrogen (secondary N) is 1. The fourth-order valence-corrected chi connectivity index (χ4v) is 2.34. The van der Waals surface area contributed by atoms with Crippen molar-refractivity contribution in [2.24, 2.45) is 0 Å². The molecule has 0 fully saturated rings. The summed E-state index contributed by atoms with van der Waals surface area (Å²) in [5, 5.41) is 3.09. The molecule has 0 heterocycles. The zero-order chi connectivity index (χ0) is 17.4. The lowest BCUT2D eigenvalue weighted by molar-refractivity contribution is 0.104. The summed E-state index contributed by atoms with van der Waals surface area (Å²) in [5.41, 5.74) is 1.38. The minimum absolute atomic E-state index is 0.0751. The Morgan fingerprint density at radius 2 is 1.79 bits per heavy atom. The van der Waals surface area contributed by atoms with Crippen molar-refractivity contribution >= 4 is 27.4 Å². The van der Waals surface area contributed by atoms with Crippen LogP contribution in [0.2, 0.25) is 0 Å². The zero-order valence-corrected chi connectivity index (χ0v) is 15.3. The number of ketones is 1. The maximum atomic E-state index is 12.1. The van der Waals surface area contributed by atoms with E-state index < -0.39 is 0 Å². The molecule has 0 atom stereocenters. The van der Waals surface area contributed by atoms with Gasteiger partial charge in [-0.2, -0.15) is 0 Å². The van der Waals surface area contributed by atoms with Gasteiger partial charge in [-0.15, -0.1) is 0 Å². The van der Waals surface area contributed by atoms with E-state index in [1.807, 2.05) is 44.2 Å². The molecule has 0 radical (unpaired) electrons. The molecule has 24 heavy (non-hydrogen) atoms. The first-order chi connectivity index (χ1) is 11.6. The molecule has 0 saturated heterocycles. The van der Waals surface area contributed by atoms with Gasteiger partial charge in [0.25, 0.3) is 0 Å². The summed E-state index contributed by atoms with van der Waals surface area (Å²) in [6.45, 7) is 5.00. The van der Waals surface area contributed by atoms with Gasteiger partial charge < -0.3 is 14.8 Å². The molecule has 0 spiro atoms. The molecule has 2 aromatic rings. The van der Waals surface area contributed by atoms with Crippen LogP contribution in [0.25, 0.3) is 0 Å². The second-order valence-electron chi connectivity index (χ2n) is 4.87. The largest absolute Gasteiger partial charge is 0.494 e. The summed E-state index contributed by atoms with van der Waals surface area (Å²) in [7, 11) is 0. The molecule has 5 heteroatoms. The second-order valence-corrected chi connectivity index (χ2v) is 5.79. The van der Waals surface area contributed by atoms with Gasteiger partial charge in [0, 0.05) is 28.4 Å². The van der Waals surface area contributed by atoms with Gasteiger partial charge in [0.2, 0.25) is 0 Å². The minimum atomic E-state index is -0.0751. The molecule has 0 amide bonds. The van der Waals surface area contributed by atoms with E-state index in [1.165, 1.54) is 6.08 Å². The van der Waals surface area contributed by atoms with Gasteiger partial charge in [-0.3, -0.25) is 4.79 Å². The third-order valence-electron chi connectivity index (χ3n) is 3.16. The number of carbonyl (C=O) groups is 1. The average molecular weight is 390 g/mol. The van der Waals surface area contributed by atoms with Crippen LogP contribution in [0.15, 0.2) is 59.2 Å². The summed E-state index contributed by atoms with van der Waals surface area (Å²) in [6, 6.07) is 12.8. The Hall–Kier alpha value is -2.27. The van der Waals surface area contributed by atoms with Gasteiger partial charge >= 0.3 is 0 Å². The first-order valence-corrected chi connectivity index (χ1v) is 8.56. The summed E-state index contributed by atoms with van der Waals surface area (Å²) < 4.78 is 12.0. The smallest absolute Gasteiger partial charge is 0.187 e.